The van der Waals surface area contributed by atoms with Crippen LogP contribution in [0.1, 0.15) is 0 Å². The van der Waals surface area contributed by atoms with Gasteiger partial charge in [-0.3, -0.25) is 0 Å². The van der Waals surface area contributed by atoms with Crippen molar-refractivity contribution in [3.8, 4) is 0 Å². The van der Waals surface area contributed by atoms with Gasteiger partial charge in [-0.25, -0.2) is 0 Å². The standard InChI is InChI=1S/Al.Fe.Mg.Ni.Ti.5H. The predicted molar refractivity (Wildman–Crippen MR) is 18.5 cm³/mol. The van der Waals surface area contributed by atoms with E-state index in [-0.39, 0.29) is 95.7 Å². The summed E-state index contributed by atoms with van der Waals surface area (Å²) in [6.07, 6.45) is 0. The maximum absolute atomic E-state index is 0. The van der Waals surface area contributed by atoms with Crippen LogP contribution in [-0.4, -0.2) is 40.4 Å². The van der Waals surface area contributed by atoms with Gasteiger partial charge in [0.15, 0.2) is 17.4 Å². The molecule has 0 aromatic rings. The number of hydrogen-bond donors (Lipinski definition) is 0. The molecule has 5 heteroatoms. The minimum atomic E-state index is 0. The van der Waals surface area contributed by atoms with Gasteiger partial charge in [0.25, 0.3) is 0 Å². The molecule has 0 N–H and O–H groups in total. The van der Waals surface area contributed by atoms with Gasteiger partial charge in [0.2, 0.25) is 0 Å². The fourth-order valence-corrected chi connectivity index (χ4v) is 0. The van der Waals surface area contributed by atoms with Crippen LogP contribution in [0.25, 0.3) is 0 Å². The van der Waals surface area contributed by atoms with E-state index in [1.807, 2.05) is 0 Å². The van der Waals surface area contributed by atoms with Crippen molar-refractivity contribution in [1.82, 2.24) is 0 Å². The predicted octanol–water partition coefficient (Wildman–Crippen LogP) is -2.11. The Balaban J connectivity index is 0. The van der Waals surface area contributed by atoms with Gasteiger partial charge in [0.05, 0.1) is 0 Å². The first-order valence-corrected chi connectivity index (χ1v) is 0. The van der Waals surface area contributed by atoms with Gasteiger partial charge >= 0.3 is 23.1 Å². The van der Waals surface area contributed by atoms with Crippen LogP contribution in [0, 0.1) is 0 Å². The maximum atomic E-state index is 0. The van der Waals surface area contributed by atoms with Crippen LogP contribution in [-0.2, 0) is 55.3 Å². The average molecular weight is 219 g/mol. The Morgan fingerprint density at radius 3 is 1.00 bits per heavy atom. The van der Waals surface area contributed by atoms with E-state index < -0.39 is 0 Å². The van der Waals surface area contributed by atoms with Crippen LogP contribution in [0.5, 0.6) is 0 Å². The molecular formula is H5AlFeMgNiTi. The first-order valence-electron chi connectivity index (χ1n) is 0. The summed E-state index contributed by atoms with van der Waals surface area (Å²) in [7, 11) is 0. The second-order valence-electron chi connectivity index (χ2n) is 0. The van der Waals surface area contributed by atoms with Crippen molar-refractivity contribution in [2.24, 2.45) is 0 Å². The molecule has 5 heavy (non-hydrogen) atoms. The molecule has 0 saturated carbocycles. The normalized spacial score (nSPS) is 0. The first-order chi connectivity index (χ1) is 0. The second kappa shape index (κ2) is 27.9. The van der Waals surface area contributed by atoms with E-state index in [9.17, 15) is 0 Å². The Bertz CT molecular complexity index is 11.6. The molecule has 0 aromatic carbocycles. The zero-order valence-electron chi connectivity index (χ0n) is 1.17. The van der Waals surface area contributed by atoms with Gasteiger partial charge in [-0.2, -0.15) is 0 Å². The van der Waals surface area contributed by atoms with E-state index >= 15 is 0 Å². The number of hydrogen-bond acceptors (Lipinski definition) is 0. The minimum absolute atomic E-state index is 0. The summed E-state index contributed by atoms with van der Waals surface area (Å²) in [6, 6.07) is 0. The zero-order valence-corrected chi connectivity index (χ0v) is 4.82. The molecule has 0 fully saturated rings. The van der Waals surface area contributed by atoms with Crippen molar-refractivity contribution >= 4 is 40.4 Å². The molecule has 32 valence electrons. The molecule has 0 nitrogen and oxygen atoms in total. The number of rotatable bonds is 0. The van der Waals surface area contributed by atoms with Crippen molar-refractivity contribution in [3.05, 3.63) is 0 Å². The van der Waals surface area contributed by atoms with E-state index in [4.69, 9.17) is 0 Å². The van der Waals surface area contributed by atoms with Crippen LogP contribution in [0.3, 0.4) is 0 Å². The summed E-state index contributed by atoms with van der Waals surface area (Å²) >= 11 is 0. The molecule has 0 saturated heterocycles. The van der Waals surface area contributed by atoms with E-state index in [1.165, 1.54) is 0 Å². The topological polar surface area (TPSA) is 0 Å². The van der Waals surface area contributed by atoms with Crippen LogP contribution in [0.15, 0.2) is 0 Å². The van der Waals surface area contributed by atoms with Gasteiger partial charge in [-0.15, -0.1) is 0 Å². The molecule has 0 aliphatic carbocycles. The van der Waals surface area contributed by atoms with Crippen LogP contribution in [0.2, 0.25) is 0 Å². The third-order valence-electron chi connectivity index (χ3n) is 0. The van der Waals surface area contributed by atoms with Gasteiger partial charge in [0, 0.05) is 55.3 Å². The zero-order chi connectivity index (χ0) is 0. The monoisotopic (exact) mass is 218 g/mol. The van der Waals surface area contributed by atoms with Gasteiger partial charge < -0.3 is 0 Å². The van der Waals surface area contributed by atoms with Gasteiger partial charge in [-0.1, -0.05) is 0 Å². The Kier molecular flexibility index (Phi) is 241. The molecule has 0 spiro atoms. The summed E-state index contributed by atoms with van der Waals surface area (Å²) in [5, 5.41) is 0. The summed E-state index contributed by atoms with van der Waals surface area (Å²) in [5.74, 6) is 0. The molecule has 0 heterocycles. The molecule has 0 unspecified atom stereocenters. The third kappa shape index (κ3) is 19.4. The Hall–Kier alpha value is 3.03. The molecule has 0 atom stereocenters. The molecule has 0 aliphatic heterocycles. The summed E-state index contributed by atoms with van der Waals surface area (Å²) < 4.78 is 0. The second-order valence-corrected chi connectivity index (χ2v) is 0. The third-order valence-corrected chi connectivity index (χ3v) is 0. The van der Waals surface area contributed by atoms with Crippen LogP contribution in [0.4, 0.5) is 0 Å². The summed E-state index contributed by atoms with van der Waals surface area (Å²) in [4.78, 5) is 0. The molecular weight excluding hydrogens is 214 g/mol. The van der Waals surface area contributed by atoms with E-state index in [2.05, 4.69) is 0 Å². The Labute approximate surface area is 94.2 Å². The smallest absolute Gasteiger partial charge is 0 e. The fraction of sp³-hybridized carbons (Fsp3) is 0. The maximum Gasteiger partial charge on any atom is 0.316 e. The molecule has 0 amide bonds. The van der Waals surface area contributed by atoms with Crippen LogP contribution < -0.4 is 0 Å². The summed E-state index contributed by atoms with van der Waals surface area (Å²) in [5.41, 5.74) is 0. The van der Waals surface area contributed by atoms with Crippen LogP contribution >= 0.6 is 0 Å². The molecule has 0 rings (SSSR count). The molecule has 0 radical (unpaired) electrons. The van der Waals surface area contributed by atoms with E-state index in [0.29, 0.717) is 0 Å². The Morgan fingerprint density at radius 2 is 1.00 bits per heavy atom. The quantitative estimate of drug-likeness (QED) is 0.409. The van der Waals surface area contributed by atoms with Crippen molar-refractivity contribution in [3.63, 3.8) is 0 Å². The summed E-state index contributed by atoms with van der Waals surface area (Å²) in [6.45, 7) is 0. The molecule has 0 bridgehead atoms. The molecule has 0 aromatic heterocycles. The largest absolute Gasteiger partial charge is 0.316 e. The SMILES string of the molecule is [AlH3].[Fe].[MgH2].[Ni].[Ti]. The van der Waals surface area contributed by atoms with Crippen molar-refractivity contribution in [2.75, 3.05) is 0 Å². The van der Waals surface area contributed by atoms with Crippen molar-refractivity contribution in [2.45, 2.75) is 0 Å². The van der Waals surface area contributed by atoms with E-state index in [1.54, 1.807) is 0 Å². The van der Waals surface area contributed by atoms with E-state index in [0.717, 1.165) is 0 Å². The molecule has 0 aliphatic rings. The van der Waals surface area contributed by atoms with Crippen molar-refractivity contribution < 1.29 is 55.3 Å². The Morgan fingerprint density at radius 1 is 1.00 bits per heavy atom. The van der Waals surface area contributed by atoms with Crippen molar-refractivity contribution in [1.29, 1.82) is 0 Å². The first kappa shape index (κ1) is 43.3. The minimum Gasteiger partial charge on any atom is 0 e. The average Bonchev–Trinajstić information content (AvgIpc) is 0. The van der Waals surface area contributed by atoms with Gasteiger partial charge in [-0.05, 0) is 0 Å². The fourth-order valence-electron chi connectivity index (χ4n) is 0. The van der Waals surface area contributed by atoms with Gasteiger partial charge in [0.1, 0.15) is 0 Å².